The number of ether oxygens (including phenoxy) is 1. The van der Waals surface area contributed by atoms with Gasteiger partial charge in [0.2, 0.25) is 0 Å². The van der Waals surface area contributed by atoms with Crippen molar-refractivity contribution in [2.24, 2.45) is 0 Å². The van der Waals surface area contributed by atoms with E-state index in [1.807, 2.05) is 31.2 Å². The Morgan fingerprint density at radius 2 is 2.00 bits per heavy atom. The molecule has 0 radical (unpaired) electrons. The molecule has 0 saturated heterocycles. The van der Waals surface area contributed by atoms with Gasteiger partial charge in [0, 0.05) is 15.7 Å². The Morgan fingerprint density at radius 1 is 1.33 bits per heavy atom. The van der Waals surface area contributed by atoms with Gasteiger partial charge in [-0.25, -0.2) is 4.79 Å². The highest BCUT2D eigenvalue weighted by atomic mass is 32.2. The van der Waals surface area contributed by atoms with E-state index in [9.17, 15) is 4.79 Å². The summed E-state index contributed by atoms with van der Waals surface area (Å²) in [4.78, 5) is 12.8. The third-order valence-electron chi connectivity index (χ3n) is 2.65. The summed E-state index contributed by atoms with van der Waals surface area (Å²) < 4.78 is 4.78. The second-order valence-electron chi connectivity index (χ2n) is 3.91. The van der Waals surface area contributed by atoms with Crippen LogP contribution in [0.2, 0.25) is 0 Å². The molecule has 1 atom stereocenters. The summed E-state index contributed by atoms with van der Waals surface area (Å²) in [5.41, 5.74) is 0.757. The number of carbonyl (C=O) groups excluding carboxylic acids is 1. The van der Waals surface area contributed by atoms with E-state index in [4.69, 9.17) is 4.74 Å². The number of hydrogen-bond donors (Lipinski definition) is 0. The van der Waals surface area contributed by atoms with E-state index in [-0.39, 0.29) is 5.97 Å². The average Bonchev–Trinajstić information content (AvgIpc) is 2.43. The normalized spacial score (nSPS) is 13.2. The highest BCUT2D eigenvalue weighted by Gasteiger charge is 2.11. The number of hydrogen-bond acceptors (Lipinski definition) is 3. The lowest BCUT2D eigenvalue weighted by atomic mass is 10.1. The fourth-order valence-corrected chi connectivity index (χ4v) is 2.66. The molecule has 0 bridgehead atoms. The highest BCUT2D eigenvalue weighted by Crippen LogP contribution is 2.27. The molecule has 0 aliphatic heterocycles. The van der Waals surface area contributed by atoms with Crippen LogP contribution < -0.4 is 0 Å². The maximum atomic E-state index is 11.5. The molecule has 0 amide bonds. The summed E-state index contributed by atoms with van der Waals surface area (Å²) in [5, 5.41) is 0.307. The van der Waals surface area contributed by atoms with Gasteiger partial charge in [-0.15, -0.1) is 11.8 Å². The third kappa shape index (κ3) is 4.57. The first-order valence-corrected chi connectivity index (χ1v) is 7.09. The molecule has 98 valence electrons. The fourth-order valence-electron chi connectivity index (χ4n) is 1.59. The van der Waals surface area contributed by atoms with Crippen LogP contribution >= 0.6 is 11.8 Å². The SMILES string of the molecule is CCC(=CC(CC)Sc1ccccc1)C(=O)OC. The molecular weight excluding hydrogens is 244 g/mol. The molecule has 3 heteroatoms. The molecule has 0 saturated carbocycles. The minimum atomic E-state index is -0.218. The lowest BCUT2D eigenvalue weighted by Gasteiger charge is -2.12. The Morgan fingerprint density at radius 3 is 2.50 bits per heavy atom. The molecule has 1 rings (SSSR count). The first-order chi connectivity index (χ1) is 8.71. The van der Waals surface area contributed by atoms with E-state index in [0.717, 1.165) is 12.0 Å². The van der Waals surface area contributed by atoms with E-state index in [0.29, 0.717) is 11.7 Å². The Kier molecular flexibility index (Phi) is 6.58. The van der Waals surface area contributed by atoms with Crippen molar-refractivity contribution in [1.82, 2.24) is 0 Å². The maximum Gasteiger partial charge on any atom is 0.333 e. The molecule has 0 heterocycles. The van der Waals surface area contributed by atoms with Crippen LogP contribution in [0.3, 0.4) is 0 Å². The zero-order valence-corrected chi connectivity index (χ0v) is 12.0. The summed E-state index contributed by atoms with van der Waals surface area (Å²) in [5.74, 6) is -0.218. The number of methoxy groups -OCH3 is 1. The van der Waals surface area contributed by atoms with Gasteiger partial charge in [0.15, 0.2) is 0 Å². The van der Waals surface area contributed by atoms with Crippen molar-refractivity contribution < 1.29 is 9.53 Å². The molecule has 1 aromatic carbocycles. The van der Waals surface area contributed by atoms with Crippen molar-refractivity contribution in [3.05, 3.63) is 42.0 Å². The second-order valence-corrected chi connectivity index (χ2v) is 5.23. The van der Waals surface area contributed by atoms with Crippen molar-refractivity contribution in [2.75, 3.05) is 7.11 Å². The lowest BCUT2D eigenvalue weighted by molar-refractivity contribution is -0.136. The minimum absolute atomic E-state index is 0.218. The van der Waals surface area contributed by atoms with E-state index < -0.39 is 0 Å². The Labute approximate surface area is 113 Å². The smallest absolute Gasteiger partial charge is 0.333 e. The lowest BCUT2D eigenvalue weighted by Crippen LogP contribution is -2.07. The van der Waals surface area contributed by atoms with Crippen molar-refractivity contribution in [2.45, 2.75) is 36.8 Å². The zero-order chi connectivity index (χ0) is 13.4. The molecule has 0 aliphatic carbocycles. The van der Waals surface area contributed by atoms with Gasteiger partial charge in [-0.3, -0.25) is 0 Å². The predicted molar refractivity (Wildman–Crippen MR) is 76.8 cm³/mol. The van der Waals surface area contributed by atoms with Crippen LogP contribution in [0.15, 0.2) is 46.9 Å². The van der Waals surface area contributed by atoms with E-state index in [1.165, 1.54) is 12.0 Å². The third-order valence-corrected chi connectivity index (χ3v) is 3.97. The van der Waals surface area contributed by atoms with Gasteiger partial charge in [-0.05, 0) is 25.0 Å². The fraction of sp³-hybridized carbons (Fsp3) is 0.400. The first kappa shape index (κ1) is 14.8. The number of benzene rings is 1. The largest absolute Gasteiger partial charge is 0.466 e. The van der Waals surface area contributed by atoms with Gasteiger partial charge in [0.05, 0.1) is 7.11 Å². The molecular formula is C15H20O2S. The van der Waals surface area contributed by atoms with E-state index in [2.05, 4.69) is 19.1 Å². The van der Waals surface area contributed by atoms with Crippen LogP contribution in [0.4, 0.5) is 0 Å². The number of rotatable bonds is 6. The van der Waals surface area contributed by atoms with Crippen molar-refractivity contribution in [3.63, 3.8) is 0 Å². The molecule has 0 N–H and O–H groups in total. The summed E-state index contributed by atoms with van der Waals surface area (Å²) in [7, 11) is 1.43. The summed E-state index contributed by atoms with van der Waals surface area (Å²) in [6.45, 7) is 4.10. The van der Waals surface area contributed by atoms with Gasteiger partial charge >= 0.3 is 5.97 Å². The molecule has 0 aromatic heterocycles. The first-order valence-electron chi connectivity index (χ1n) is 6.22. The molecule has 0 aliphatic rings. The van der Waals surface area contributed by atoms with Crippen molar-refractivity contribution in [3.8, 4) is 0 Å². The van der Waals surface area contributed by atoms with Crippen LogP contribution in [0.5, 0.6) is 0 Å². The molecule has 2 nitrogen and oxygen atoms in total. The van der Waals surface area contributed by atoms with Crippen LogP contribution in [0.1, 0.15) is 26.7 Å². The highest BCUT2D eigenvalue weighted by molar-refractivity contribution is 8.00. The number of thioether (sulfide) groups is 1. The van der Waals surface area contributed by atoms with Crippen LogP contribution in [-0.4, -0.2) is 18.3 Å². The van der Waals surface area contributed by atoms with Gasteiger partial charge in [-0.2, -0.15) is 0 Å². The Bertz CT molecular complexity index is 398. The van der Waals surface area contributed by atoms with Crippen molar-refractivity contribution >= 4 is 17.7 Å². The minimum Gasteiger partial charge on any atom is -0.466 e. The molecule has 1 unspecified atom stereocenters. The monoisotopic (exact) mass is 264 g/mol. The predicted octanol–water partition coefficient (Wildman–Crippen LogP) is 4.07. The summed E-state index contributed by atoms with van der Waals surface area (Å²) in [6.07, 6.45) is 3.72. The van der Waals surface area contributed by atoms with Crippen LogP contribution in [0, 0.1) is 0 Å². The Balaban J connectivity index is 2.77. The summed E-state index contributed by atoms with van der Waals surface area (Å²) in [6, 6.07) is 10.2. The van der Waals surface area contributed by atoms with E-state index in [1.54, 1.807) is 11.8 Å². The topological polar surface area (TPSA) is 26.3 Å². The Hall–Kier alpha value is -1.22. The van der Waals surface area contributed by atoms with Crippen molar-refractivity contribution in [1.29, 1.82) is 0 Å². The summed E-state index contributed by atoms with van der Waals surface area (Å²) >= 11 is 1.78. The average molecular weight is 264 g/mol. The van der Waals surface area contributed by atoms with Gasteiger partial charge < -0.3 is 4.74 Å². The zero-order valence-electron chi connectivity index (χ0n) is 11.2. The number of esters is 1. The van der Waals surface area contributed by atoms with Crippen LogP contribution in [0.25, 0.3) is 0 Å². The van der Waals surface area contributed by atoms with Gasteiger partial charge in [-0.1, -0.05) is 38.1 Å². The molecule has 0 fully saturated rings. The number of carbonyl (C=O) groups is 1. The molecule has 1 aromatic rings. The second kappa shape index (κ2) is 7.98. The van der Waals surface area contributed by atoms with Gasteiger partial charge in [0.25, 0.3) is 0 Å². The quantitative estimate of drug-likeness (QED) is 0.440. The standard InChI is InChI=1S/C15H20O2S/c1-4-12(15(16)17-3)11-13(5-2)18-14-9-7-6-8-10-14/h6-11,13H,4-5H2,1-3H3. The van der Waals surface area contributed by atoms with Crippen LogP contribution in [-0.2, 0) is 9.53 Å². The molecule has 0 spiro atoms. The van der Waals surface area contributed by atoms with Gasteiger partial charge in [0.1, 0.15) is 0 Å². The molecule has 18 heavy (non-hydrogen) atoms. The maximum absolute atomic E-state index is 11.5. The van der Waals surface area contributed by atoms with E-state index >= 15 is 0 Å².